The van der Waals surface area contributed by atoms with E-state index in [4.69, 9.17) is 46.6 Å². The minimum absolute atomic E-state index is 0.102. The van der Waals surface area contributed by atoms with Crippen molar-refractivity contribution in [3.63, 3.8) is 0 Å². The summed E-state index contributed by atoms with van der Waals surface area (Å²) in [4.78, 5) is 92.7. The number of hydrogen-bond donors (Lipinski definition) is 4. The average Bonchev–Trinajstić information content (AvgIpc) is 1.66. The first kappa shape index (κ1) is 66.2. The number of H-pyrrole nitrogens is 4. The number of benzene rings is 5. The van der Waals surface area contributed by atoms with Crippen LogP contribution in [0.3, 0.4) is 0 Å². The predicted molar refractivity (Wildman–Crippen MR) is 356 cm³/mol. The van der Waals surface area contributed by atoms with E-state index in [-0.39, 0.29) is 48.5 Å². The number of carbonyl (C=O) groups excluding carboxylic acids is 4. The number of aromatic nitrogens is 8. The molecule has 5 aliphatic rings. The molecule has 4 N–H and O–H groups in total. The molecule has 0 unspecified atom stereocenters. The van der Waals surface area contributed by atoms with Crippen LogP contribution in [0.5, 0.6) is 0 Å². The van der Waals surface area contributed by atoms with E-state index in [0.29, 0.717) is 26.2 Å². The van der Waals surface area contributed by atoms with Crippen LogP contribution in [0, 0.1) is 0 Å². The third-order valence-electron chi connectivity index (χ3n) is 17.7. The summed E-state index contributed by atoms with van der Waals surface area (Å²) in [5.74, 6) is 3.23. The van der Waals surface area contributed by atoms with Gasteiger partial charge in [0, 0.05) is 42.8 Å². The second-order valence-corrected chi connectivity index (χ2v) is 29.6. The van der Waals surface area contributed by atoms with Crippen molar-refractivity contribution in [1.29, 1.82) is 0 Å². The molecular weight excluding hydrogens is 1250 g/mol. The maximum absolute atomic E-state index is 12.9. The average molecular weight is 1330 g/mol. The molecule has 0 spiro atoms. The monoisotopic (exact) mass is 1330 g/mol. The SMILES string of the molecule is CC(C)(C)OC(=O)N1CCC[C@H]1c1nc2c([nH]1)CCc1cc(-c3ccc4nc([C@@H]5CCCN5C(=O)OC(C)(C)C)[nH]c4c3)ccc1-2.CC(C)(C)OC(=O)N1CCC[C@H]1c1nc2ccc(-c3ccc4c(ccc5[nH]c([C@@H]6CCCN6C(=O)OC(C)(C)C)nc54)c3)cc2[nH]1.[O]=[Mn]=[O]. The molecule has 8 heterocycles. The van der Waals surface area contributed by atoms with Gasteiger partial charge in [-0.05, 0) is 217 Å². The van der Waals surface area contributed by atoms with Crippen LogP contribution in [-0.2, 0) is 54.3 Å². The van der Waals surface area contributed by atoms with Crippen molar-refractivity contribution in [2.24, 2.45) is 0 Å². The Hall–Kier alpha value is -8.82. The first-order chi connectivity index (χ1) is 45.1. The number of nitrogens with zero attached hydrogens (tertiary/aromatic N) is 8. The molecule has 4 saturated heterocycles. The Labute approximate surface area is 558 Å². The van der Waals surface area contributed by atoms with Crippen molar-refractivity contribution in [1.82, 2.24) is 59.5 Å². The number of imidazole rings is 4. The molecule has 4 fully saturated rings. The molecule has 9 aromatic rings. The number of aromatic amines is 4. The zero-order valence-corrected chi connectivity index (χ0v) is 57.5. The summed E-state index contributed by atoms with van der Waals surface area (Å²) in [5, 5.41) is 2.14. The molecular formula is C72H86MnN12O10. The maximum atomic E-state index is 12.9. The minimum atomic E-state index is -1.44. The van der Waals surface area contributed by atoms with E-state index in [9.17, 15) is 19.2 Å². The van der Waals surface area contributed by atoms with Crippen molar-refractivity contribution >= 4 is 68.2 Å². The topological polar surface area (TPSA) is 267 Å². The molecule has 0 radical (unpaired) electrons. The van der Waals surface area contributed by atoms with Crippen molar-refractivity contribution in [3.05, 3.63) is 119 Å². The second kappa shape index (κ2) is 26.1. The van der Waals surface area contributed by atoms with Gasteiger partial charge in [0.05, 0.1) is 63.0 Å². The Kier molecular flexibility index (Phi) is 18.2. The number of aryl methyl sites for hydroxylation is 2. The molecule has 1 aliphatic carbocycles. The molecule has 4 amide bonds. The van der Waals surface area contributed by atoms with Crippen LogP contribution >= 0.6 is 0 Å². The van der Waals surface area contributed by atoms with Gasteiger partial charge in [0.2, 0.25) is 0 Å². The fraction of sp³-hybridized carbons (Fsp3) is 0.472. The molecule has 4 atom stereocenters. The van der Waals surface area contributed by atoms with E-state index >= 15 is 0 Å². The first-order valence-corrected chi connectivity index (χ1v) is 34.1. The Morgan fingerprint density at radius 3 is 1.25 bits per heavy atom. The number of hydrogen-bond acceptors (Lipinski definition) is 14. The van der Waals surface area contributed by atoms with Gasteiger partial charge in [-0.1, -0.05) is 48.5 Å². The summed E-state index contributed by atoms with van der Waals surface area (Å²) < 4.78 is 39.5. The zero-order chi connectivity index (χ0) is 67.5. The van der Waals surface area contributed by atoms with Crippen LogP contribution in [0.25, 0.3) is 77.4 Å². The number of nitrogens with one attached hydrogen (secondary N) is 4. The Balaban J connectivity index is 0.000000175. The number of rotatable bonds is 6. The van der Waals surface area contributed by atoms with Crippen LogP contribution < -0.4 is 0 Å². The van der Waals surface area contributed by atoms with E-state index in [1.165, 1.54) is 5.56 Å². The van der Waals surface area contributed by atoms with Gasteiger partial charge in [-0.25, -0.2) is 39.1 Å². The summed E-state index contributed by atoms with van der Waals surface area (Å²) in [6.07, 6.45) is 7.72. The van der Waals surface area contributed by atoms with Crippen molar-refractivity contribution < 1.29 is 60.6 Å². The van der Waals surface area contributed by atoms with E-state index in [0.717, 1.165) is 171 Å². The quantitative estimate of drug-likeness (QED) is 0.0891. The number of amides is 4. The van der Waals surface area contributed by atoms with Crippen LogP contribution in [0.15, 0.2) is 84.9 Å². The molecule has 23 heteroatoms. The summed E-state index contributed by atoms with van der Waals surface area (Å²) >= 11 is -1.44. The van der Waals surface area contributed by atoms with Crippen LogP contribution in [0.2, 0.25) is 0 Å². The summed E-state index contributed by atoms with van der Waals surface area (Å²) in [6.45, 7) is 25.4. The van der Waals surface area contributed by atoms with Crippen LogP contribution in [0.4, 0.5) is 19.2 Å². The Bertz CT molecular complexity index is 4440. The number of ether oxygens (including phenoxy) is 4. The van der Waals surface area contributed by atoms with Crippen molar-refractivity contribution in [2.45, 2.75) is 194 Å². The van der Waals surface area contributed by atoms with Crippen LogP contribution in [0.1, 0.15) is 193 Å². The first-order valence-electron chi connectivity index (χ1n) is 33.1. The van der Waals surface area contributed by atoms with Crippen LogP contribution in [-0.4, -0.2) is 132 Å². The number of likely N-dealkylation sites (tertiary alicyclic amines) is 4. The standard InChI is InChI=1S/C36H44N6O4.C36H42N6O4.Mn.2O/c2*1-35(2,3)45-33(43)41-17-7-9-28(41)31-37-25-15-12-22(20-27(25)39-31)21-11-14-24-23(19-21)13-16-26-30(24)40-32(38-26)29-10-8-18-42(29)34(44)46-36(4,5)6;;;/h11-12,14-15,19-20,28-29H,7-10,13,16-18H2,1-6H3,(H,37,39)(H,38,40);11-16,19-20,28-29H,7-10,17-18H2,1-6H3,(H,37,39)(H,38,40);;;/t2*28-,29-;;;/m00.../s1. The molecule has 22 nitrogen and oxygen atoms in total. The van der Waals surface area contributed by atoms with Gasteiger partial charge in [0.25, 0.3) is 0 Å². The Morgan fingerprint density at radius 2 is 0.811 bits per heavy atom. The summed E-state index contributed by atoms with van der Waals surface area (Å²) in [6, 6.07) is 29.3. The van der Waals surface area contributed by atoms with E-state index in [2.05, 4.69) is 92.7 Å². The molecule has 4 aromatic heterocycles. The normalized spacial score (nSPS) is 18.9. The van der Waals surface area contributed by atoms with Gasteiger partial charge >= 0.3 is 46.9 Å². The fourth-order valence-corrected chi connectivity index (χ4v) is 13.7. The van der Waals surface area contributed by atoms with E-state index in [1.807, 2.05) is 100 Å². The molecule has 4 aliphatic heterocycles. The number of fused-ring (bicyclic) bond motifs is 8. The predicted octanol–water partition coefficient (Wildman–Crippen LogP) is 16.0. The van der Waals surface area contributed by atoms with Crippen molar-refractivity contribution in [3.8, 4) is 33.5 Å². The van der Waals surface area contributed by atoms with Gasteiger partial charge < -0.3 is 38.9 Å². The molecule has 14 rings (SSSR count). The summed E-state index contributed by atoms with van der Waals surface area (Å²) in [5.41, 5.74) is 12.2. The zero-order valence-electron chi connectivity index (χ0n) is 56.3. The third kappa shape index (κ3) is 14.6. The van der Waals surface area contributed by atoms with Gasteiger partial charge in [0.1, 0.15) is 45.7 Å². The molecule has 5 aromatic carbocycles. The Morgan fingerprint density at radius 1 is 0.432 bits per heavy atom. The second-order valence-electron chi connectivity index (χ2n) is 29.4. The van der Waals surface area contributed by atoms with E-state index < -0.39 is 37.2 Å². The fourth-order valence-electron chi connectivity index (χ4n) is 13.7. The van der Waals surface area contributed by atoms with Gasteiger partial charge in [-0.2, -0.15) is 0 Å². The number of carbonyl (C=O) groups is 4. The molecule has 501 valence electrons. The van der Waals surface area contributed by atoms with Gasteiger partial charge in [-0.3, -0.25) is 19.6 Å². The van der Waals surface area contributed by atoms with Gasteiger partial charge in [-0.15, -0.1) is 0 Å². The third-order valence-corrected chi connectivity index (χ3v) is 17.7. The van der Waals surface area contributed by atoms with E-state index in [1.54, 1.807) is 14.7 Å². The summed E-state index contributed by atoms with van der Waals surface area (Å²) in [7, 11) is 0. The molecule has 0 saturated carbocycles. The van der Waals surface area contributed by atoms with Gasteiger partial charge in [0.15, 0.2) is 0 Å². The van der Waals surface area contributed by atoms with Crippen molar-refractivity contribution in [2.75, 3.05) is 26.2 Å². The molecule has 0 bridgehead atoms. The molecule has 95 heavy (non-hydrogen) atoms.